The van der Waals surface area contributed by atoms with Crippen molar-refractivity contribution in [1.82, 2.24) is 15.1 Å². The molecule has 0 spiro atoms. The second-order valence-corrected chi connectivity index (χ2v) is 4.42. The molecule has 0 aliphatic heterocycles. The summed E-state index contributed by atoms with van der Waals surface area (Å²) in [7, 11) is 2.00. The zero-order valence-electron chi connectivity index (χ0n) is 10.1. The van der Waals surface area contributed by atoms with E-state index < -0.39 is 0 Å². The van der Waals surface area contributed by atoms with E-state index in [0.29, 0.717) is 12.1 Å². The van der Waals surface area contributed by atoms with Gasteiger partial charge in [-0.05, 0) is 33.4 Å². The maximum Gasteiger partial charge on any atom is 0.0685 e. The van der Waals surface area contributed by atoms with Crippen LogP contribution in [0.4, 0.5) is 0 Å². The van der Waals surface area contributed by atoms with Gasteiger partial charge in [0.2, 0.25) is 0 Å². The maximum atomic E-state index is 4.47. The Balaban J connectivity index is 2.26. The monoisotopic (exact) mass is 217 g/mol. The highest BCUT2D eigenvalue weighted by atomic mass is 15.3. The predicted molar refractivity (Wildman–Crippen MR) is 67.6 cm³/mol. The van der Waals surface area contributed by atoms with E-state index in [0.717, 1.165) is 6.42 Å². The number of hydrogen-bond donors (Lipinski definition) is 1. The number of aromatic nitrogens is 2. The van der Waals surface area contributed by atoms with Crippen LogP contribution in [-0.4, -0.2) is 22.9 Å². The minimum absolute atomic E-state index is 0.419. The van der Waals surface area contributed by atoms with E-state index in [-0.39, 0.29) is 0 Å². The molecule has 0 radical (unpaired) electrons. The Morgan fingerprint density at radius 1 is 1.31 bits per heavy atom. The maximum absolute atomic E-state index is 4.47. The Hall–Kier alpha value is -1.35. The van der Waals surface area contributed by atoms with Crippen LogP contribution in [-0.2, 0) is 0 Å². The van der Waals surface area contributed by atoms with E-state index in [2.05, 4.69) is 53.2 Å². The van der Waals surface area contributed by atoms with E-state index >= 15 is 0 Å². The molecule has 1 heterocycles. The first-order valence-electron chi connectivity index (χ1n) is 5.82. The van der Waals surface area contributed by atoms with Crippen LogP contribution in [0.2, 0.25) is 0 Å². The number of nitrogens with zero attached hydrogens (tertiary/aromatic N) is 2. The second-order valence-electron chi connectivity index (χ2n) is 4.42. The molecule has 3 nitrogen and oxygen atoms in total. The highest BCUT2D eigenvalue weighted by Crippen LogP contribution is 2.20. The van der Waals surface area contributed by atoms with Crippen molar-refractivity contribution in [2.75, 3.05) is 7.05 Å². The van der Waals surface area contributed by atoms with Gasteiger partial charge >= 0.3 is 0 Å². The molecule has 3 heteroatoms. The van der Waals surface area contributed by atoms with Crippen molar-refractivity contribution >= 4 is 10.9 Å². The first kappa shape index (κ1) is 11.1. The van der Waals surface area contributed by atoms with E-state index in [9.17, 15) is 0 Å². The van der Waals surface area contributed by atoms with Crippen molar-refractivity contribution in [3.05, 3.63) is 30.5 Å². The predicted octanol–water partition coefficient (Wildman–Crippen LogP) is 2.60. The Labute approximate surface area is 96.5 Å². The summed E-state index contributed by atoms with van der Waals surface area (Å²) in [6.07, 6.45) is 3.03. The summed E-state index contributed by atoms with van der Waals surface area (Å²) in [4.78, 5) is 0. The Bertz CT molecular complexity index is 461. The molecule has 86 valence electrons. The molecule has 1 aromatic heterocycles. The van der Waals surface area contributed by atoms with Gasteiger partial charge in [-0.3, -0.25) is 4.68 Å². The fraction of sp³-hybridized carbons (Fsp3) is 0.462. The fourth-order valence-corrected chi connectivity index (χ4v) is 2.07. The van der Waals surface area contributed by atoms with Crippen LogP contribution in [0, 0.1) is 0 Å². The molecular formula is C13H19N3. The third kappa shape index (κ3) is 2.09. The second kappa shape index (κ2) is 4.66. The Morgan fingerprint density at radius 2 is 2.06 bits per heavy atom. The van der Waals surface area contributed by atoms with Crippen LogP contribution in [0.1, 0.15) is 26.3 Å². The van der Waals surface area contributed by atoms with Gasteiger partial charge in [-0.1, -0.05) is 18.2 Å². The molecular weight excluding hydrogens is 198 g/mol. The van der Waals surface area contributed by atoms with Crippen LogP contribution in [0.5, 0.6) is 0 Å². The quantitative estimate of drug-likeness (QED) is 0.853. The lowest BCUT2D eigenvalue weighted by Gasteiger charge is -2.18. The van der Waals surface area contributed by atoms with E-state index in [4.69, 9.17) is 0 Å². The summed E-state index contributed by atoms with van der Waals surface area (Å²) in [5.74, 6) is 0. The van der Waals surface area contributed by atoms with Crippen molar-refractivity contribution in [1.29, 1.82) is 0 Å². The fourth-order valence-electron chi connectivity index (χ4n) is 2.07. The summed E-state index contributed by atoms with van der Waals surface area (Å²) in [5, 5.41) is 8.95. The van der Waals surface area contributed by atoms with Crippen molar-refractivity contribution in [3.8, 4) is 0 Å². The molecule has 16 heavy (non-hydrogen) atoms. The first-order valence-corrected chi connectivity index (χ1v) is 5.82. The third-order valence-electron chi connectivity index (χ3n) is 3.11. The van der Waals surface area contributed by atoms with Crippen molar-refractivity contribution in [3.63, 3.8) is 0 Å². The molecule has 2 unspecified atom stereocenters. The van der Waals surface area contributed by atoms with Gasteiger partial charge in [0.05, 0.1) is 17.8 Å². The molecule has 0 bridgehead atoms. The summed E-state index contributed by atoms with van der Waals surface area (Å²) >= 11 is 0. The smallest absolute Gasteiger partial charge is 0.0685 e. The number of hydrogen-bond acceptors (Lipinski definition) is 2. The zero-order chi connectivity index (χ0) is 11.5. The molecule has 0 saturated heterocycles. The lowest BCUT2D eigenvalue weighted by molar-refractivity contribution is 0.412. The van der Waals surface area contributed by atoms with Gasteiger partial charge in [0.15, 0.2) is 0 Å². The standard InChI is InChI=1S/C13H19N3/c1-10(14-3)8-11(2)16-13-7-5-4-6-12(13)9-15-16/h4-7,9-11,14H,8H2,1-3H3. The van der Waals surface area contributed by atoms with Crippen molar-refractivity contribution < 1.29 is 0 Å². The number of fused-ring (bicyclic) bond motifs is 1. The number of nitrogens with one attached hydrogen (secondary N) is 1. The Morgan fingerprint density at radius 3 is 2.81 bits per heavy atom. The molecule has 0 saturated carbocycles. The molecule has 2 aromatic rings. The molecule has 2 atom stereocenters. The molecule has 0 aliphatic carbocycles. The number of para-hydroxylation sites is 1. The van der Waals surface area contributed by atoms with Crippen molar-refractivity contribution in [2.24, 2.45) is 0 Å². The van der Waals surface area contributed by atoms with E-state index in [1.807, 2.05) is 13.2 Å². The largest absolute Gasteiger partial charge is 0.317 e. The average molecular weight is 217 g/mol. The minimum Gasteiger partial charge on any atom is -0.317 e. The third-order valence-corrected chi connectivity index (χ3v) is 3.11. The van der Waals surface area contributed by atoms with Gasteiger partial charge in [0.25, 0.3) is 0 Å². The zero-order valence-corrected chi connectivity index (χ0v) is 10.1. The van der Waals surface area contributed by atoms with Gasteiger partial charge in [-0.2, -0.15) is 5.10 Å². The van der Waals surface area contributed by atoms with Gasteiger partial charge < -0.3 is 5.32 Å². The highest BCUT2D eigenvalue weighted by Gasteiger charge is 2.11. The average Bonchev–Trinajstić information content (AvgIpc) is 2.72. The van der Waals surface area contributed by atoms with Gasteiger partial charge in [0, 0.05) is 11.4 Å². The van der Waals surface area contributed by atoms with Crippen LogP contribution >= 0.6 is 0 Å². The number of rotatable bonds is 4. The summed E-state index contributed by atoms with van der Waals surface area (Å²) in [5.41, 5.74) is 1.22. The van der Waals surface area contributed by atoms with E-state index in [1.54, 1.807) is 0 Å². The van der Waals surface area contributed by atoms with Gasteiger partial charge in [0.1, 0.15) is 0 Å². The SMILES string of the molecule is CNC(C)CC(C)n1ncc2ccccc21. The summed E-state index contributed by atoms with van der Waals surface area (Å²) in [6.45, 7) is 4.41. The van der Waals surface area contributed by atoms with Crippen LogP contribution in [0.15, 0.2) is 30.5 Å². The van der Waals surface area contributed by atoms with Crippen LogP contribution in [0.25, 0.3) is 10.9 Å². The normalized spacial score (nSPS) is 15.2. The molecule has 0 fully saturated rings. The highest BCUT2D eigenvalue weighted by molar-refractivity contribution is 5.78. The van der Waals surface area contributed by atoms with E-state index in [1.165, 1.54) is 10.9 Å². The van der Waals surface area contributed by atoms with Gasteiger partial charge in [-0.25, -0.2) is 0 Å². The van der Waals surface area contributed by atoms with Crippen LogP contribution < -0.4 is 5.32 Å². The molecule has 2 rings (SSSR count). The molecule has 1 aromatic carbocycles. The Kier molecular flexibility index (Phi) is 3.25. The van der Waals surface area contributed by atoms with Crippen LogP contribution in [0.3, 0.4) is 0 Å². The lowest BCUT2D eigenvalue weighted by atomic mass is 10.1. The molecule has 0 aliphatic rings. The number of benzene rings is 1. The summed E-state index contributed by atoms with van der Waals surface area (Å²) in [6, 6.07) is 9.28. The lowest BCUT2D eigenvalue weighted by Crippen LogP contribution is -2.25. The van der Waals surface area contributed by atoms with Gasteiger partial charge in [-0.15, -0.1) is 0 Å². The van der Waals surface area contributed by atoms with Crippen molar-refractivity contribution in [2.45, 2.75) is 32.4 Å². The first-order chi connectivity index (χ1) is 7.72. The summed E-state index contributed by atoms with van der Waals surface area (Å²) < 4.78 is 2.11. The minimum atomic E-state index is 0.419. The topological polar surface area (TPSA) is 29.9 Å². The molecule has 0 amide bonds. The molecule has 1 N–H and O–H groups in total.